The first-order chi connectivity index (χ1) is 14.4. The molecular formula is C25H38ClN3S. The molecule has 0 atom stereocenters. The van der Waals surface area contributed by atoms with Crippen molar-refractivity contribution in [1.82, 2.24) is 0 Å². The number of piperidine rings is 1. The Morgan fingerprint density at radius 3 is 2.17 bits per heavy atom. The molecule has 0 unspecified atom stereocenters. The van der Waals surface area contributed by atoms with E-state index in [4.69, 9.17) is 16.7 Å². The van der Waals surface area contributed by atoms with Crippen LogP contribution in [0.1, 0.15) is 61.3 Å². The van der Waals surface area contributed by atoms with Gasteiger partial charge in [-0.25, -0.2) is 0 Å². The predicted octanol–water partition coefficient (Wildman–Crippen LogP) is 7.03. The molecule has 3 nitrogen and oxygen atoms in total. The second-order valence-corrected chi connectivity index (χ2v) is 8.57. The van der Waals surface area contributed by atoms with Gasteiger partial charge in [-0.3, -0.25) is 10.1 Å². The number of aliphatic imine (C=N–C) groups is 1. The molecule has 0 amide bonds. The summed E-state index contributed by atoms with van der Waals surface area (Å²) in [5.74, 6) is 0.658. The molecule has 2 aromatic rings. The quantitative estimate of drug-likeness (QED) is 0.405. The smallest absolute Gasteiger partial charge is 0.0472 e. The lowest BCUT2D eigenvalue weighted by Crippen LogP contribution is -2.33. The Hall–Kier alpha value is -1.49. The maximum Gasteiger partial charge on any atom is 0.0472 e. The van der Waals surface area contributed by atoms with Crippen LogP contribution < -0.4 is 10.0 Å². The Morgan fingerprint density at radius 1 is 1.13 bits per heavy atom. The normalized spacial score (nSPS) is 14.1. The number of nitrogens with zero attached hydrogens (tertiary/aromatic N) is 2. The summed E-state index contributed by atoms with van der Waals surface area (Å²) in [6.07, 6.45) is 7.38. The molecule has 0 aliphatic carbocycles. The van der Waals surface area contributed by atoms with Gasteiger partial charge in [0.25, 0.3) is 0 Å². The average molecular weight is 448 g/mol. The van der Waals surface area contributed by atoms with Crippen LogP contribution in [0, 0.1) is 13.8 Å². The highest BCUT2D eigenvalue weighted by molar-refractivity contribution is 7.96. The summed E-state index contributed by atoms with van der Waals surface area (Å²) in [5, 5.41) is 5.57. The van der Waals surface area contributed by atoms with Gasteiger partial charge in [0.05, 0.1) is 0 Å². The van der Waals surface area contributed by atoms with E-state index in [9.17, 15) is 0 Å². The van der Waals surface area contributed by atoms with E-state index in [1.54, 1.807) is 0 Å². The molecule has 3 rings (SSSR count). The molecule has 5 heteroatoms. The number of nitrogens with two attached hydrogens (primary N) is 1. The van der Waals surface area contributed by atoms with Crippen molar-refractivity contribution >= 4 is 35.5 Å². The fraction of sp³-hybridized carbons (Fsp3) is 0.480. The summed E-state index contributed by atoms with van der Waals surface area (Å²) in [6.45, 7) is 10.6. The zero-order chi connectivity index (χ0) is 22.5. The lowest BCUT2D eigenvalue weighted by molar-refractivity contribution is 0.505. The van der Waals surface area contributed by atoms with Crippen molar-refractivity contribution in [3.8, 4) is 0 Å². The summed E-state index contributed by atoms with van der Waals surface area (Å²) in [5.41, 5.74) is 6.39. The second kappa shape index (κ2) is 14.5. The van der Waals surface area contributed by atoms with Crippen LogP contribution in [0.25, 0.3) is 0 Å². The van der Waals surface area contributed by atoms with Crippen molar-refractivity contribution in [3.05, 3.63) is 63.7 Å². The number of benzene rings is 2. The minimum Gasteiger partial charge on any atom is -0.371 e. The van der Waals surface area contributed by atoms with Crippen LogP contribution in [-0.2, 0) is 0 Å². The molecule has 30 heavy (non-hydrogen) atoms. The predicted molar refractivity (Wildman–Crippen MR) is 139 cm³/mol. The van der Waals surface area contributed by atoms with Gasteiger partial charge in [0.2, 0.25) is 0 Å². The highest BCUT2D eigenvalue weighted by Gasteiger charge is 2.22. The van der Waals surface area contributed by atoms with Gasteiger partial charge in [0.15, 0.2) is 0 Å². The van der Waals surface area contributed by atoms with Gasteiger partial charge in [-0.05, 0) is 62.1 Å². The van der Waals surface area contributed by atoms with Crippen LogP contribution in [0.5, 0.6) is 0 Å². The van der Waals surface area contributed by atoms with Gasteiger partial charge in [-0.1, -0.05) is 73.6 Å². The van der Waals surface area contributed by atoms with Gasteiger partial charge < -0.3 is 4.90 Å². The van der Waals surface area contributed by atoms with Crippen LogP contribution in [0.15, 0.2) is 41.4 Å². The van der Waals surface area contributed by atoms with Crippen molar-refractivity contribution in [1.29, 1.82) is 0 Å². The molecular weight excluding hydrogens is 410 g/mol. The molecule has 0 bridgehead atoms. The summed E-state index contributed by atoms with van der Waals surface area (Å²) in [6, 6.07) is 13.1. The van der Waals surface area contributed by atoms with Crippen LogP contribution in [0.2, 0.25) is 5.02 Å². The zero-order valence-electron chi connectivity index (χ0n) is 19.4. The van der Waals surface area contributed by atoms with E-state index in [1.165, 1.54) is 59.2 Å². The molecule has 0 aromatic heterocycles. The molecule has 1 fully saturated rings. The third-order valence-corrected chi connectivity index (χ3v) is 5.19. The topological polar surface area (TPSA) is 41.6 Å². The maximum absolute atomic E-state index is 6.31. The van der Waals surface area contributed by atoms with E-state index >= 15 is 0 Å². The van der Waals surface area contributed by atoms with E-state index in [1.807, 2.05) is 25.6 Å². The maximum atomic E-state index is 6.31. The summed E-state index contributed by atoms with van der Waals surface area (Å²) in [7, 11) is 1.82. The van der Waals surface area contributed by atoms with Crippen molar-refractivity contribution in [2.24, 2.45) is 10.1 Å². The Labute approximate surface area is 193 Å². The van der Waals surface area contributed by atoms with E-state index < -0.39 is 0 Å². The standard InChI is InChI=1S/C21H25ClN2.C3H8.CH5NS/c1-15-4-6-17(7-5-15)18-8-10-24(11-9-18)21-13-19(22)12-16(2)20(21)14-23-3;2*1-3-2/h4-7,12-14,18H,8-11H2,1-3H3;3H2,1-2H3;2H2,1H3. The third kappa shape index (κ3) is 8.33. The molecule has 1 aliphatic rings. The molecule has 2 aromatic carbocycles. The number of hydrogen-bond donors (Lipinski definition) is 1. The Kier molecular flexibility index (Phi) is 12.8. The van der Waals surface area contributed by atoms with E-state index in [0.29, 0.717) is 5.92 Å². The molecule has 0 spiro atoms. The number of hydrogen-bond acceptors (Lipinski definition) is 4. The fourth-order valence-electron chi connectivity index (χ4n) is 3.59. The fourth-order valence-corrected chi connectivity index (χ4v) is 3.85. The molecule has 0 saturated carbocycles. The van der Waals surface area contributed by atoms with Crippen LogP contribution in [-0.4, -0.2) is 32.6 Å². The lowest BCUT2D eigenvalue weighted by Gasteiger charge is -2.35. The Balaban J connectivity index is 0.000000672. The van der Waals surface area contributed by atoms with Gasteiger partial charge >= 0.3 is 0 Å². The average Bonchev–Trinajstić information content (AvgIpc) is 2.72. The highest BCUT2D eigenvalue weighted by Crippen LogP contribution is 2.34. The van der Waals surface area contributed by atoms with Gasteiger partial charge in [-0.2, -0.15) is 0 Å². The highest BCUT2D eigenvalue weighted by atomic mass is 35.5. The van der Waals surface area contributed by atoms with Crippen LogP contribution in [0.3, 0.4) is 0 Å². The molecule has 2 N–H and O–H groups in total. The van der Waals surface area contributed by atoms with Crippen molar-refractivity contribution in [2.75, 3.05) is 31.3 Å². The molecule has 166 valence electrons. The largest absolute Gasteiger partial charge is 0.371 e. The first-order valence-electron chi connectivity index (χ1n) is 10.7. The lowest BCUT2D eigenvalue weighted by atomic mass is 9.88. The number of anilines is 1. The van der Waals surface area contributed by atoms with E-state index in [2.05, 4.69) is 67.9 Å². The third-order valence-electron chi connectivity index (χ3n) is 4.97. The summed E-state index contributed by atoms with van der Waals surface area (Å²) >= 11 is 7.56. The minimum atomic E-state index is 0.658. The number of rotatable bonds is 3. The molecule has 1 heterocycles. The van der Waals surface area contributed by atoms with Crippen molar-refractivity contribution < 1.29 is 0 Å². The molecule has 1 aliphatic heterocycles. The minimum absolute atomic E-state index is 0.658. The van der Waals surface area contributed by atoms with Crippen molar-refractivity contribution in [2.45, 2.75) is 52.9 Å². The van der Waals surface area contributed by atoms with E-state index in [0.717, 1.165) is 18.1 Å². The summed E-state index contributed by atoms with van der Waals surface area (Å²) < 4.78 is 0. The van der Waals surface area contributed by atoms with Crippen LogP contribution in [0.4, 0.5) is 5.69 Å². The first kappa shape index (κ1) is 26.5. The molecule has 1 saturated heterocycles. The van der Waals surface area contributed by atoms with Crippen LogP contribution >= 0.6 is 23.5 Å². The second-order valence-electron chi connectivity index (χ2n) is 7.66. The van der Waals surface area contributed by atoms with E-state index in [-0.39, 0.29) is 0 Å². The molecule has 0 radical (unpaired) electrons. The van der Waals surface area contributed by atoms with Crippen molar-refractivity contribution in [3.63, 3.8) is 0 Å². The van der Waals surface area contributed by atoms with Gasteiger partial charge in [-0.15, -0.1) is 0 Å². The SMILES string of the molecule is CCC.CN=Cc1c(C)cc(Cl)cc1N1CCC(c2ccc(C)cc2)CC1.CSN. The monoisotopic (exact) mass is 447 g/mol. The first-order valence-corrected chi connectivity index (χ1v) is 12.3. The summed E-state index contributed by atoms with van der Waals surface area (Å²) in [4.78, 5) is 6.69. The Bertz CT molecular complexity index is 765. The van der Waals surface area contributed by atoms with Gasteiger partial charge in [0, 0.05) is 42.6 Å². The Morgan fingerprint density at radius 2 is 1.67 bits per heavy atom. The number of aryl methyl sites for hydroxylation is 2. The zero-order valence-corrected chi connectivity index (χ0v) is 21.0. The number of halogens is 1. The van der Waals surface area contributed by atoms with Gasteiger partial charge in [0.1, 0.15) is 0 Å².